The largest absolute Gasteiger partial charge is 0.348 e. The number of halogens is 1. The molecule has 0 aliphatic heterocycles. The second-order valence-corrected chi connectivity index (χ2v) is 4.64. The molecule has 1 rings (SSSR count). The number of nitrogens with one attached hydrogen (secondary N) is 1. The van der Waals surface area contributed by atoms with Gasteiger partial charge in [-0.1, -0.05) is 6.08 Å². The van der Waals surface area contributed by atoms with Gasteiger partial charge in [0, 0.05) is 23.3 Å². The number of carbonyl (C=O) groups is 1. The molecule has 0 spiro atoms. The molecule has 0 aliphatic carbocycles. The number of aryl methyl sites for hydroxylation is 1. The van der Waals surface area contributed by atoms with Crippen molar-refractivity contribution in [3.8, 4) is 0 Å². The highest BCUT2D eigenvalue weighted by atomic mass is 79.9. The summed E-state index contributed by atoms with van der Waals surface area (Å²) >= 11 is 3.37. The van der Waals surface area contributed by atoms with Crippen LogP contribution in [0.25, 0.3) is 0 Å². The lowest BCUT2D eigenvalue weighted by molar-refractivity contribution is 0.0931. The first-order chi connectivity index (χ1) is 7.58. The monoisotopic (exact) mass is 284 g/mol. The minimum Gasteiger partial charge on any atom is -0.348 e. The van der Waals surface area contributed by atoms with Crippen LogP contribution in [-0.4, -0.2) is 16.5 Å². The molecule has 0 saturated carbocycles. The molecule has 4 heteroatoms. The van der Waals surface area contributed by atoms with Crippen molar-refractivity contribution in [2.45, 2.75) is 32.9 Å². The lowest BCUT2D eigenvalue weighted by Crippen LogP contribution is -2.33. The summed E-state index contributed by atoms with van der Waals surface area (Å²) in [4.78, 5) is 11.9. The third kappa shape index (κ3) is 3.23. The van der Waals surface area contributed by atoms with Crippen molar-refractivity contribution < 1.29 is 4.79 Å². The highest BCUT2D eigenvalue weighted by Gasteiger charge is 2.13. The van der Waals surface area contributed by atoms with Crippen molar-refractivity contribution >= 4 is 21.8 Å². The first kappa shape index (κ1) is 13.0. The van der Waals surface area contributed by atoms with Crippen LogP contribution < -0.4 is 5.32 Å². The standard InChI is InChI=1S/C12H17BrN2O/c1-4-6-9(3)14-12(16)11-7-10(13)8-15(11)5-2/h4,7-9H,1,5-6H2,2-3H3,(H,14,16). The Bertz CT molecular complexity index is 384. The molecule has 0 aliphatic rings. The molecule has 1 N–H and O–H groups in total. The molecule has 0 bridgehead atoms. The molecule has 88 valence electrons. The molecule has 1 unspecified atom stereocenters. The number of aromatic nitrogens is 1. The number of amides is 1. The molecule has 0 saturated heterocycles. The van der Waals surface area contributed by atoms with Gasteiger partial charge in [-0.3, -0.25) is 4.79 Å². The van der Waals surface area contributed by atoms with Crippen LogP contribution in [0.1, 0.15) is 30.8 Å². The Hall–Kier alpha value is -1.03. The molecule has 1 heterocycles. The smallest absolute Gasteiger partial charge is 0.268 e. The minimum absolute atomic E-state index is 0.0399. The minimum atomic E-state index is -0.0399. The van der Waals surface area contributed by atoms with E-state index in [4.69, 9.17) is 0 Å². The molecular formula is C12H17BrN2O. The molecule has 1 aromatic rings. The highest BCUT2D eigenvalue weighted by Crippen LogP contribution is 2.15. The maximum atomic E-state index is 11.9. The second kappa shape index (κ2) is 5.89. The van der Waals surface area contributed by atoms with Gasteiger partial charge in [0.15, 0.2) is 0 Å². The van der Waals surface area contributed by atoms with Crippen molar-refractivity contribution in [3.63, 3.8) is 0 Å². The number of nitrogens with zero attached hydrogens (tertiary/aromatic N) is 1. The lowest BCUT2D eigenvalue weighted by atomic mass is 10.2. The van der Waals surface area contributed by atoms with Crippen LogP contribution >= 0.6 is 15.9 Å². The molecule has 0 aromatic carbocycles. The van der Waals surface area contributed by atoms with E-state index in [0.29, 0.717) is 5.69 Å². The van der Waals surface area contributed by atoms with E-state index in [0.717, 1.165) is 17.4 Å². The zero-order chi connectivity index (χ0) is 12.1. The van der Waals surface area contributed by atoms with Crippen molar-refractivity contribution in [1.82, 2.24) is 9.88 Å². The van der Waals surface area contributed by atoms with E-state index in [9.17, 15) is 4.79 Å². The van der Waals surface area contributed by atoms with E-state index in [1.54, 1.807) is 6.08 Å². The Balaban J connectivity index is 2.75. The predicted octanol–water partition coefficient (Wildman–Crippen LogP) is 2.96. The van der Waals surface area contributed by atoms with Crippen molar-refractivity contribution in [2.24, 2.45) is 0 Å². The van der Waals surface area contributed by atoms with Gasteiger partial charge in [0.1, 0.15) is 5.69 Å². The van der Waals surface area contributed by atoms with Crippen LogP contribution in [0, 0.1) is 0 Å². The van der Waals surface area contributed by atoms with Crippen molar-refractivity contribution in [3.05, 3.63) is 35.1 Å². The first-order valence-corrected chi connectivity index (χ1v) is 6.15. The summed E-state index contributed by atoms with van der Waals surface area (Å²) < 4.78 is 2.84. The van der Waals surface area contributed by atoms with E-state index in [1.165, 1.54) is 0 Å². The van der Waals surface area contributed by atoms with Crippen LogP contribution in [0.2, 0.25) is 0 Å². The van der Waals surface area contributed by atoms with Crippen LogP contribution in [-0.2, 0) is 6.54 Å². The van der Waals surface area contributed by atoms with Crippen molar-refractivity contribution in [2.75, 3.05) is 0 Å². The zero-order valence-corrected chi connectivity index (χ0v) is 11.3. The van der Waals surface area contributed by atoms with E-state index in [2.05, 4.69) is 27.8 Å². The van der Waals surface area contributed by atoms with Gasteiger partial charge in [0.2, 0.25) is 0 Å². The van der Waals surface area contributed by atoms with Gasteiger partial charge in [0.25, 0.3) is 5.91 Å². The van der Waals surface area contributed by atoms with Crippen LogP contribution in [0.5, 0.6) is 0 Å². The third-order valence-electron chi connectivity index (χ3n) is 2.33. The topological polar surface area (TPSA) is 34.0 Å². The second-order valence-electron chi connectivity index (χ2n) is 3.73. The number of carbonyl (C=O) groups excluding carboxylic acids is 1. The van der Waals surface area contributed by atoms with Gasteiger partial charge >= 0.3 is 0 Å². The molecular weight excluding hydrogens is 268 g/mol. The molecule has 3 nitrogen and oxygen atoms in total. The summed E-state index contributed by atoms with van der Waals surface area (Å²) in [5, 5.41) is 2.93. The fraction of sp³-hybridized carbons (Fsp3) is 0.417. The van der Waals surface area contributed by atoms with E-state index in [-0.39, 0.29) is 11.9 Å². The Morgan fingerprint density at radius 1 is 1.75 bits per heavy atom. The van der Waals surface area contributed by atoms with Crippen LogP contribution in [0.3, 0.4) is 0 Å². The Labute approximate surface area is 105 Å². The quantitative estimate of drug-likeness (QED) is 0.829. The average molecular weight is 285 g/mol. The van der Waals surface area contributed by atoms with Gasteiger partial charge in [-0.15, -0.1) is 6.58 Å². The van der Waals surface area contributed by atoms with E-state index >= 15 is 0 Å². The maximum absolute atomic E-state index is 11.9. The summed E-state index contributed by atoms with van der Waals surface area (Å²) in [7, 11) is 0. The SMILES string of the molecule is C=CCC(C)NC(=O)c1cc(Br)cn1CC. The van der Waals surface area contributed by atoms with Crippen molar-refractivity contribution in [1.29, 1.82) is 0 Å². The Morgan fingerprint density at radius 2 is 2.44 bits per heavy atom. The summed E-state index contributed by atoms with van der Waals surface area (Å²) in [6, 6.07) is 1.95. The fourth-order valence-electron chi connectivity index (χ4n) is 1.53. The zero-order valence-electron chi connectivity index (χ0n) is 9.66. The predicted molar refractivity (Wildman–Crippen MR) is 69.5 cm³/mol. The molecule has 1 amide bonds. The van der Waals surface area contributed by atoms with Gasteiger partial charge in [-0.2, -0.15) is 0 Å². The summed E-state index contributed by atoms with van der Waals surface area (Å²) in [6.45, 7) is 8.41. The summed E-state index contributed by atoms with van der Waals surface area (Å²) in [6.07, 6.45) is 4.49. The number of hydrogen-bond donors (Lipinski definition) is 1. The van der Waals surface area contributed by atoms with Gasteiger partial charge < -0.3 is 9.88 Å². The van der Waals surface area contributed by atoms with Gasteiger partial charge in [0.05, 0.1) is 0 Å². The highest BCUT2D eigenvalue weighted by molar-refractivity contribution is 9.10. The maximum Gasteiger partial charge on any atom is 0.268 e. The third-order valence-corrected chi connectivity index (χ3v) is 2.77. The van der Waals surface area contributed by atoms with E-state index in [1.807, 2.05) is 30.7 Å². The lowest BCUT2D eigenvalue weighted by Gasteiger charge is -2.12. The van der Waals surface area contributed by atoms with Gasteiger partial charge in [-0.25, -0.2) is 0 Å². The van der Waals surface area contributed by atoms with E-state index < -0.39 is 0 Å². The number of rotatable bonds is 5. The normalized spacial score (nSPS) is 12.2. The molecule has 0 fully saturated rings. The molecule has 16 heavy (non-hydrogen) atoms. The summed E-state index contributed by atoms with van der Waals surface area (Å²) in [5.74, 6) is -0.0399. The Kier molecular flexibility index (Phi) is 4.80. The van der Waals surface area contributed by atoms with Crippen LogP contribution in [0.4, 0.5) is 0 Å². The number of hydrogen-bond acceptors (Lipinski definition) is 1. The molecule has 1 aromatic heterocycles. The molecule has 1 atom stereocenters. The van der Waals surface area contributed by atoms with Gasteiger partial charge in [-0.05, 0) is 42.3 Å². The Morgan fingerprint density at radius 3 is 3.00 bits per heavy atom. The fourth-order valence-corrected chi connectivity index (χ4v) is 2.00. The average Bonchev–Trinajstić information content (AvgIpc) is 2.59. The van der Waals surface area contributed by atoms with Crippen LogP contribution in [0.15, 0.2) is 29.4 Å². The summed E-state index contributed by atoms with van der Waals surface area (Å²) in [5.41, 5.74) is 0.685. The molecule has 0 radical (unpaired) electrons. The first-order valence-electron chi connectivity index (χ1n) is 5.36.